The maximum absolute atomic E-state index is 12.8. The average molecular weight is 372 g/mol. The van der Waals surface area contributed by atoms with Crippen molar-refractivity contribution in [3.8, 4) is 0 Å². The predicted octanol–water partition coefficient (Wildman–Crippen LogP) is 4.68. The highest BCUT2D eigenvalue weighted by Gasteiger charge is 2.21. The summed E-state index contributed by atoms with van der Waals surface area (Å²) in [6.45, 7) is 7.69. The van der Waals surface area contributed by atoms with Gasteiger partial charge in [0.15, 0.2) is 0 Å². The summed E-state index contributed by atoms with van der Waals surface area (Å²) in [6, 6.07) is 15.8. The van der Waals surface area contributed by atoms with Crippen LogP contribution in [0.5, 0.6) is 0 Å². The van der Waals surface area contributed by atoms with Crippen LogP contribution in [0.3, 0.4) is 0 Å². The summed E-state index contributed by atoms with van der Waals surface area (Å²) in [5, 5.41) is 3.02. The van der Waals surface area contributed by atoms with E-state index >= 15 is 0 Å². The molecule has 28 heavy (non-hydrogen) atoms. The molecule has 0 saturated heterocycles. The molecule has 5 nitrogen and oxygen atoms in total. The number of hydrogen-bond donors (Lipinski definition) is 1. The zero-order valence-corrected chi connectivity index (χ0v) is 16.4. The highest BCUT2D eigenvalue weighted by Crippen LogP contribution is 2.27. The van der Waals surface area contributed by atoms with E-state index in [2.05, 4.69) is 40.1 Å². The Labute approximate surface area is 165 Å². The quantitative estimate of drug-likeness (QED) is 0.722. The minimum Gasteiger partial charge on any atom is -0.361 e. The van der Waals surface area contributed by atoms with E-state index in [9.17, 15) is 4.79 Å². The van der Waals surface area contributed by atoms with Gasteiger partial charge in [0.05, 0.1) is 12.2 Å². The van der Waals surface area contributed by atoms with Crippen LogP contribution in [0, 0.1) is 6.92 Å². The van der Waals surface area contributed by atoms with E-state index in [1.54, 1.807) is 0 Å². The van der Waals surface area contributed by atoms with Crippen LogP contribution in [-0.2, 0) is 13.1 Å². The van der Waals surface area contributed by atoms with Crippen LogP contribution in [-0.4, -0.2) is 15.9 Å². The third kappa shape index (κ3) is 3.74. The third-order valence-electron chi connectivity index (χ3n) is 5.06. The Morgan fingerprint density at radius 1 is 1.11 bits per heavy atom. The topological polar surface area (TPSA) is 58.1 Å². The van der Waals surface area contributed by atoms with Gasteiger partial charge in [-0.2, -0.15) is 0 Å². The number of nitrogens with zero attached hydrogens (tertiary/aromatic N) is 3. The van der Waals surface area contributed by atoms with Gasteiger partial charge >= 0.3 is 0 Å². The molecule has 5 heteroatoms. The number of aromatic nitrogens is 2. The Kier molecular flexibility index (Phi) is 4.82. The fraction of sp³-hybridized carbons (Fsp3) is 0.261. The Morgan fingerprint density at radius 3 is 2.75 bits per heavy atom. The van der Waals surface area contributed by atoms with E-state index in [0.717, 1.165) is 41.5 Å². The standard InChI is InChI=1S/C23H24N4O/c1-15(2)17-6-4-8-20(10-17)26-23(28)18-7-5-9-21(11-18)27-13-19-12-24-16(3)25-22(19)14-27/h4-12,15H,13-14H2,1-3H3,(H,26,28). The lowest BCUT2D eigenvalue weighted by Crippen LogP contribution is -2.17. The molecule has 1 N–H and O–H groups in total. The second kappa shape index (κ2) is 7.43. The minimum absolute atomic E-state index is 0.102. The third-order valence-corrected chi connectivity index (χ3v) is 5.06. The lowest BCUT2D eigenvalue weighted by Gasteiger charge is -2.18. The van der Waals surface area contributed by atoms with E-state index in [4.69, 9.17) is 0 Å². The summed E-state index contributed by atoms with van der Waals surface area (Å²) >= 11 is 0. The molecule has 142 valence electrons. The number of fused-ring (bicyclic) bond motifs is 1. The molecule has 0 bridgehead atoms. The van der Waals surface area contributed by atoms with Crippen LogP contribution < -0.4 is 10.2 Å². The summed E-state index contributed by atoms with van der Waals surface area (Å²) in [5.41, 5.74) is 5.89. The predicted molar refractivity (Wildman–Crippen MR) is 112 cm³/mol. The molecule has 3 aromatic rings. The molecule has 1 amide bonds. The normalized spacial score (nSPS) is 12.9. The first-order valence-corrected chi connectivity index (χ1v) is 9.57. The van der Waals surface area contributed by atoms with Crippen molar-refractivity contribution in [2.24, 2.45) is 0 Å². The van der Waals surface area contributed by atoms with Crippen molar-refractivity contribution >= 4 is 17.3 Å². The van der Waals surface area contributed by atoms with Crippen LogP contribution >= 0.6 is 0 Å². The van der Waals surface area contributed by atoms with Crippen LogP contribution in [0.1, 0.15) is 52.8 Å². The summed E-state index contributed by atoms with van der Waals surface area (Å²) in [5.74, 6) is 1.11. The number of anilines is 2. The lowest BCUT2D eigenvalue weighted by molar-refractivity contribution is 0.102. The number of carbonyl (C=O) groups is 1. The van der Waals surface area contributed by atoms with Gasteiger partial charge in [0, 0.05) is 35.2 Å². The summed E-state index contributed by atoms with van der Waals surface area (Å²) in [6.07, 6.45) is 1.90. The van der Waals surface area contributed by atoms with Gasteiger partial charge < -0.3 is 10.2 Å². The molecule has 1 aliphatic heterocycles. The van der Waals surface area contributed by atoms with Gasteiger partial charge in [0.1, 0.15) is 5.82 Å². The lowest BCUT2D eigenvalue weighted by atomic mass is 10.0. The molecule has 0 radical (unpaired) electrons. The summed E-state index contributed by atoms with van der Waals surface area (Å²) in [4.78, 5) is 23.8. The van der Waals surface area contributed by atoms with Gasteiger partial charge in [-0.1, -0.05) is 32.0 Å². The number of benzene rings is 2. The Morgan fingerprint density at radius 2 is 1.93 bits per heavy atom. The number of carbonyl (C=O) groups excluding carboxylic acids is 1. The average Bonchev–Trinajstić information content (AvgIpc) is 3.11. The van der Waals surface area contributed by atoms with E-state index in [1.807, 2.05) is 55.6 Å². The molecular weight excluding hydrogens is 348 g/mol. The van der Waals surface area contributed by atoms with Crippen molar-refractivity contribution < 1.29 is 4.79 Å². The molecule has 0 atom stereocenters. The van der Waals surface area contributed by atoms with Crippen LogP contribution in [0.4, 0.5) is 11.4 Å². The van der Waals surface area contributed by atoms with Crippen molar-refractivity contribution in [1.29, 1.82) is 0 Å². The highest BCUT2D eigenvalue weighted by molar-refractivity contribution is 6.04. The van der Waals surface area contributed by atoms with Crippen LogP contribution in [0.15, 0.2) is 54.7 Å². The summed E-state index contributed by atoms with van der Waals surface area (Å²) in [7, 11) is 0. The maximum Gasteiger partial charge on any atom is 0.255 e. The summed E-state index contributed by atoms with van der Waals surface area (Å²) < 4.78 is 0. The number of amides is 1. The van der Waals surface area contributed by atoms with Crippen LogP contribution in [0.2, 0.25) is 0 Å². The van der Waals surface area contributed by atoms with Crippen LogP contribution in [0.25, 0.3) is 0 Å². The van der Waals surface area contributed by atoms with E-state index in [-0.39, 0.29) is 5.91 Å². The van der Waals surface area contributed by atoms with Gasteiger partial charge in [-0.05, 0) is 48.7 Å². The van der Waals surface area contributed by atoms with Crippen molar-refractivity contribution in [3.05, 3.63) is 82.9 Å². The maximum atomic E-state index is 12.8. The molecule has 1 aliphatic rings. The molecule has 2 heterocycles. The van der Waals surface area contributed by atoms with E-state index < -0.39 is 0 Å². The molecule has 0 unspecified atom stereocenters. The van der Waals surface area contributed by atoms with E-state index in [1.165, 1.54) is 5.56 Å². The second-order valence-electron chi connectivity index (χ2n) is 7.53. The van der Waals surface area contributed by atoms with Gasteiger partial charge in [-0.25, -0.2) is 9.97 Å². The second-order valence-corrected chi connectivity index (χ2v) is 7.53. The van der Waals surface area contributed by atoms with Crippen molar-refractivity contribution in [3.63, 3.8) is 0 Å². The zero-order chi connectivity index (χ0) is 19.7. The van der Waals surface area contributed by atoms with Gasteiger partial charge in [0.25, 0.3) is 5.91 Å². The molecule has 0 saturated carbocycles. The fourth-order valence-corrected chi connectivity index (χ4v) is 3.46. The largest absolute Gasteiger partial charge is 0.361 e. The molecule has 0 aliphatic carbocycles. The first-order valence-electron chi connectivity index (χ1n) is 9.57. The molecule has 1 aromatic heterocycles. The molecule has 2 aromatic carbocycles. The number of rotatable bonds is 4. The SMILES string of the molecule is Cc1ncc2c(n1)CN(c1cccc(C(=O)Nc3cccc(C(C)C)c3)c1)C2. The molecule has 0 fully saturated rings. The molecular formula is C23H24N4O. The number of aryl methyl sites for hydroxylation is 1. The number of hydrogen-bond acceptors (Lipinski definition) is 4. The van der Waals surface area contributed by atoms with E-state index in [0.29, 0.717) is 11.5 Å². The zero-order valence-electron chi connectivity index (χ0n) is 16.4. The van der Waals surface area contributed by atoms with Crippen molar-refractivity contribution in [2.45, 2.75) is 39.8 Å². The first-order chi connectivity index (χ1) is 13.5. The minimum atomic E-state index is -0.102. The van der Waals surface area contributed by atoms with Crippen molar-refractivity contribution in [1.82, 2.24) is 9.97 Å². The highest BCUT2D eigenvalue weighted by atomic mass is 16.1. The van der Waals surface area contributed by atoms with Gasteiger partial charge in [-0.3, -0.25) is 4.79 Å². The molecule has 0 spiro atoms. The number of nitrogens with one attached hydrogen (secondary N) is 1. The monoisotopic (exact) mass is 372 g/mol. The molecule has 4 rings (SSSR count). The van der Waals surface area contributed by atoms with Gasteiger partial charge in [0.2, 0.25) is 0 Å². The van der Waals surface area contributed by atoms with Crippen molar-refractivity contribution in [2.75, 3.05) is 10.2 Å². The van der Waals surface area contributed by atoms with Gasteiger partial charge in [-0.15, -0.1) is 0 Å². The fourth-order valence-electron chi connectivity index (χ4n) is 3.46. The Hall–Kier alpha value is -3.21. The smallest absolute Gasteiger partial charge is 0.255 e. The first kappa shape index (κ1) is 18.2. The Balaban J connectivity index is 1.51. The Bertz CT molecular complexity index is 1030.